The number of benzene rings is 1. The number of hydrogen-bond donors (Lipinski definition) is 2. The molecule has 0 aliphatic rings. The number of aromatic nitrogens is 3. The number of hydrogen-bond acceptors (Lipinski definition) is 5. The van der Waals surface area contributed by atoms with E-state index in [-0.39, 0.29) is 5.84 Å². The molecule has 0 aliphatic carbocycles. The first-order valence-corrected chi connectivity index (χ1v) is 6.33. The Morgan fingerprint density at radius 2 is 2.32 bits per heavy atom. The summed E-state index contributed by atoms with van der Waals surface area (Å²) in [6.45, 7) is 0. The summed E-state index contributed by atoms with van der Waals surface area (Å²) in [6, 6.07) is 4.28. The highest BCUT2D eigenvalue weighted by molar-refractivity contribution is 7.98. The number of amidine groups is 1. The minimum absolute atomic E-state index is 0.121. The second kappa shape index (κ2) is 5.70. The molecule has 19 heavy (non-hydrogen) atoms. The Hall–Kier alpha value is -2.09. The Labute approximate surface area is 113 Å². The molecule has 1 heterocycles. The third-order valence-corrected chi connectivity index (χ3v) is 3.50. The molecule has 6 nitrogen and oxygen atoms in total. The van der Waals surface area contributed by atoms with Crippen LogP contribution < -0.4 is 5.73 Å². The fraction of sp³-hybridized carbons (Fsp3) is 0.182. The van der Waals surface area contributed by atoms with Crippen molar-refractivity contribution in [2.75, 3.05) is 0 Å². The highest BCUT2D eigenvalue weighted by Crippen LogP contribution is 2.21. The Morgan fingerprint density at radius 3 is 2.95 bits per heavy atom. The van der Waals surface area contributed by atoms with E-state index in [1.807, 2.05) is 7.05 Å². The molecule has 0 fully saturated rings. The Kier molecular flexibility index (Phi) is 4.00. The van der Waals surface area contributed by atoms with E-state index in [1.165, 1.54) is 23.9 Å². The van der Waals surface area contributed by atoms with Crippen molar-refractivity contribution in [2.45, 2.75) is 10.9 Å². The summed E-state index contributed by atoms with van der Waals surface area (Å²) in [5, 5.41) is 19.9. The summed E-state index contributed by atoms with van der Waals surface area (Å²) in [4.78, 5) is 0. The molecule has 0 radical (unpaired) electrons. The van der Waals surface area contributed by atoms with Crippen LogP contribution in [0.15, 0.2) is 34.8 Å². The SMILES string of the molecule is Cn1cnnc1SCc1cc(F)cc(/C(N)=N/O)c1. The molecule has 2 rings (SSSR count). The molecule has 1 aromatic carbocycles. The third kappa shape index (κ3) is 3.22. The van der Waals surface area contributed by atoms with Gasteiger partial charge in [-0.1, -0.05) is 16.9 Å². The summed E-state index contributed by atoms with van der Waals surface area (Å²) in [5.74, 6) is -0.0437. The van der Waals surface area contributed by atoms with Gasteiger partial charge in [0, 0.05) is 18.4 Å². The molecule has 0 amide bonds. The maximum absolute atomic E-state index is 13.4. The first kappa shape index (κ1) is 13.3. The molecule has 0 bridgehead atoms. The first-order valence-electron chi connectivity index (χ1n) is 5.34. The zero-order chi connectivity index (χ0) is 13.8. The number of rotatable bonds is 4. The number of aryl methyl sites for hydroxylation is 1. The molecule has 8 heteroatoms. The van der Waals surface area contributed by atoms with Gasteiger partial charge in [0.1, 0.15) is 12.1 Å². The van der Waals surface area contributed by atoms with Crippen LogP contribution in [0.5, 0.6) is 0 Å². The second-order valence-corrected chi connectivity index (χ2v) is 4.79. The van der Waals surface area contributed by atoms with E-state index in [2.05, 4.69) is 15.4 Å². The highest BCUT2D eigenvalue weighted by atomic mass is 32.2. The van der Waals surface area contributed by atoms with E-state index in [9.17, 15) is 4.39 Å². The van der Waals surface area contributed by atoms with Crippen LogP contribution in [0.1, 0.15) is 11.1 Å². The number of oxime groups is 1. The van der Waals surface area contributed by atoms with Gasteiger partial charge in [0.15, 0.2) is 11.0 Å². The molecular weight excluding hydrogens is 269 g/mol. The van der Waals surface area contributed by atoms with Gasteiger partial charge in [0.05, 0.1) is 0 Å². The lowest BCUT2D eigenvalue weighted by molar-refractivity contribution is 0.318. The topological polar surface area (TPSA) is 89.3 Å². The molecule has 2 aromatic rings. The van der Waals surface area contributed by atoms with Crippen LogP contribution in [-0.2, 0) is 12.8 Å². The van der Waals surface area contributed by atoms with E-state index in [0.29, 0.717) is 11.3 Å². The normalized spacial score (nSPS) is 11.8. The van der Waals surface area contributed by atoms with Crippen LogP contribution in [-0.4, -0.2) is 25.8 Å². The highest BCUT2D eigenvalue weighted by Gasteiger charge is 2.07. The molecule has 1 aromatic heterocycles. The van der Waals surface area contributed by atoms with Crippen LogP contribution >= 0.6 is 11.8 Å². The van der Waals surface area contributed by atoms with E-state index in [4.69, 9.17) is 10.9 Å². The van der Waals surface area contributed by atoms with Crippen molar-refractivity contribution in [3.8, 4) is 0 Å². The average Bonchev–Trinajstić information content (AvgIpc) is 2.80. The zero-order valence-electron chi connectivity index (χ0n) is 10.1. The van der Waals surface area contributed by atoms with Crippen molar-refractivity contribution < 1.29 is 9.60 Å². The van der Waals surface area contributed by atoms with Crippen LogP contribution in [0.25, 0.3) is 0 Å². The lowest BCUT2D eigenvalue weighted by Gasteiger charge is -2.05. The Morgan fingerprint density at radius 1 is 1.53 bits per heavy atom. The van der Waals surface area contributed by atoms with Gasteiger partial charge in [-0.15, -0.1) is 10.2 Å². The zero-order valence-corrected chi connectivity index (χ0v) is 10.9. The predicted octanol–water partition coefficient (Wildman–Crippen LogP) is 1.34. The molecule has 0 saturated heterocycles. The largest absolute Gasteiger partial charge is 0.409 e. The average molecular weight is 281 g/mol. The quantitative estimate of drug-likeness (QED) is 0.290. The summed E-state index contributed by atoms with van der Waals surface area (Å²) in [6.07, 6.45) is 1.59. The fourth-order valence-corrected chi connectivity index (χ4v) is 2.31. The first-order chi connectivity index (χ1) is 9.10. The lowest BCUT2D eigenvalue weighted by atomic mass is 10.1. The minimum Gasteiger partial charge on any atom is -0.409 e. The van der Waals surface area contributed by atoms with Gasteiger partial charge in [0.25, 0.3) is 0 Å². The van der Waals surface area contributed by atoms with Crippen molar-refractivity contribution in [1.29, 1.82) is 0 Å². The Balaban J connectivity index is 2.17. The molecule has 0 unspecified atom stereocenters. The van der Waals surface area contributed by atoms with Crippen LogP contribution in [0.3, 0.4) is 0 Å². The molecule has 100 valence electrons. The van der Waals surface area contributed by atoms with Crippen molar-refractivity contribution in [3.05, 3.63) is 41.5 Å². The summed E-state index contributed by atoms with van der Waals surface area (Å²) < 4.78 is 15.2. The number of halogens is 1. The molecule has 0 spiro atoms. The monoisotopic (exact) mass is 281 g/mol. The van der Waals surface area contributed by atoms with Gasteiger partial charge >= 0.3 is 0 Å². The van der Waals surface area contributed by atoms with E-state index in [1.54, 1.807) is 17.0 Å². The number of nitrogens with two attached hydrogens (primary N) is 1. The van der Waals surface area contributed by atoms with E-state index < -0.39 is 5.82 Å². The van der Waals surface area contributed by atoms with Gasteiger partial charge in [-0.05, 0) is 23.8 Å². The van der Waals surface area contributed by atoms with Crippen LogP contribution in [0.2, 0.25) is 0 Å². The van der Waals surface area contributed by atoms with Crippen LogP contribution in [0, 0.1) is 5.82 Å². The van der Waals surface area contributed by atoms with Gasteiger partial charge < -0.3 is 15.5 Å². The number of nitrogens with zero attached hydrogens (tertiary/aromatic N) is 4. The molecule has 0 saturated carbocycles. The maximum Gasteiger partial charge on any atom is 0.191 e. The second-order valence-electron chi connectivity index (χ2n) is 3.85. The smallest absolute Gasteiger partial charge is 0.191 e. The van der Waals surface area contributed by atoms with Crippen molar-refractivity contribution in [3.63, 3.8) is 0 Å². The van der Waals surface area contributed by atoms with Crippen LogP contribution in [0.4, 0.5) is 4.39 Å². The lowest BCUT2D eigenvalue weighted by Crippen LogP contribution is -2.13. The molecule has 3 N–H and O–H groups in total. The van der Waals surface area contributed by atoms with Crippen molar-refractivity contribution in [2.24, 2.45) is 17.9 Å². The van der Waals surface area contributed by atoms with E-state index >= 15 is 0 Å². The molecular formula is C11H12FN5OS. The maximum atomic E-state index is 13.4. The summed E-state index contributed by atoms with van der Waals surface area (Å²) in [7, 11) is 1.83. The van der Waals surface area contributed by atoms with E-state index in [0.717, 1.165) is 10.7 Å². The fourth-order valence-electron chi connectivity index (χ4n) is 1.49. The Bertz CT molecular complexity index is 613. The van der Waals surface area contributed by atoms with Gasteiger partial charge in [-0.25, -0.2) is 4.39 Å². The minimum atomic E-state index is -0.433. The molecule has 0 atom stereocenters. The van der Waals surface area contributed by atoms with Gasteiger partial charge in [0.2, 0.25) is 0 Å². The van der Waals surface area contributed by atoms with Crippen molar-refractivity contribution in [1.82, 2.24) is 14.8 Å². The predicted molar refractivity (Wildman–Crippen MR) is 69.5 cm³/mol. The van der Waals surface area contributed by atoms with Gasteiger partial charge in [-0.3, -0.25) is 0 Å². The summed E-state index contributed by atoms with van der Waals surface area (Å²) in [5.41, 5.74) is 6.51. The summed E-state index contributed by atoms with van der Waals surface area (Å²) >= 11 is 1.42. The standard InChI is InChI=1S/C11H12FN5OS/c1-17-6-14-15-11(17)19-5-7-2-8(10(13)16-18)4-9(12)3-7/h2-4,6,18H,5H2,1H3,(H2,13,16). The van der Waals surface area contributed by atoms with Gasteiger partial charge in [-0.2, -0.15) is 0 Å². The number of thioether (sulfide) groups is 1. The molecule has 0 aliphatic heterocycles. The van der Waals surface area contributed by atoms with Crippen molar-refractivity contribution >= 4 is 17.6 Å². The third-order valence-electron chi connectivity index (χ3n) is 2.40.